The SMILES string of the molecule is CC(C(=O)Nc1nnc(C)c(C)n1)=C1CNC1. The van der Waals surface area contributed by atoms with Gasteiger partial charge >= 0.3 is 0 Å². The van der Waals surface area contributed by atoms with E-state index < -0.39 is 0 Å². The maximum atomic E-state index is 11.8. The molecule has 1 saturated heterocycles. The van der Waals surface area contributed by atoms with Crippen molar-refractivity contribution < 1.29 is 4.79 Å². The molecule has 0 aliphatic carbocycles. The molecule has 0 saturated carbocycles. The Bertz CT molecular complexity index is 489. The molecule has 90 valence electrons. The lowest BCUT2D eigenvalue weighted by molar-refractivity contribution is -0.112. The van der Waals surface area contributed by atoms with E-state index in [0.29, 0.717) is 0 Å². The second-order valence-electron chi connectivity index (χ2n) is 4.09. The molecule has 1 aromatic heterocycles. The predicted octanol–water partition coefficient (Wildman–Crippen LogP) is 0.347. The molecule has 1 aliphatic heterocycles. The number of anilines is 1. The van der Waals surface area contributed by atoms with Gasteiger partial charge in [-0.25, -0.2) is 4.98 Å². The van der Waals surface area contributed by atoms with Gasteiger partial charge in [-0.05, 0) is 26.3 Å². The average molecular weight is 233 g/mol. The largest absolute Gasteiger partial charge is 0.309 e. The van der Waals surface area contributed by atoms with Crippen LogP contribution in [0.1, 0.15) is 18.3 Å². The molecule has 0 bridgehead atoms. The van der Waals surface area contributed by atoms with E-state index in [9.17, 15) is 4.79 Å². The molecule has 1 fully saturated rings. The van der Waals surface area contributed by atoms with E-state index in [1.165, 1.54) is 0 Å². The molecule has 1 aliphatic rings. The topological polar surface area (TPSA) is 79.8 Å². The first kappa shape index (κ1) is 11.7. The van der Waals surface area contributed by atoms with E-state index in [2.05, 4.69) is 25.8 Å². The first-order chi connectivity index (χ1) is 8.08. The van der Waals surface area contributed by atoms with E-state index in [-0.39, 0.29) is 11.9 Å². The molecular weight excluding hydrogens is 218 g/mol. The van der Waals surface area contributed by atoms with E-state index in [4.69, 9.17) is 0 Å². The first-order valence-electron chi connectivity index (χ1n) is 5.46. The molecule has 1 aromatic rings. The van der Waals surface area contributed by atoms with Crippen molar-refractivity contribution in [2.75, 3.05) is 18.4 Å². The zero-order chi connectivity index (χ0) is 12.4. The smallest absolute Gasteiger partial charge is 0.253 e. The number of carbonyl (C=O) groups excluding carboxylic acids is 1. The van der Waals surface area contributed by atoms with Crippen molar-refractivity contribution in [1.29, 1.82) is 0 Å². The fourth-order valence-electron chi connectivity index (χ4n) is 1.38. The number of aromatic nitrogens is 3. The lowest BCUT2D eigenvalue weighted by Crippen LogP contribution is -2.36. The Morgan fingerprint density at radius 3 is 2.47 bits per heavy atom. The van der Waals surface area contributed by atoms with E-state index in [1.807, 2.05) is 13.8 Å². The third-order valence-corrected chi connectivity index (χ3v) is 2.86. The van der Waals surface area contributed by atoms with Crippen molar-refractivity contribution >= 4 is 11.9 Å². The lowest BCUT2D eigenvalue weighted by atomic mass is 10.0. The van der Waals surface area contributed by atoms with Gasteiger partial charge in [0.25, 0.3) is 5.91 Å². The number of nitrogens with one attached hydrogen (secondary N) is 2. The molecule has 6 heteroatoms. The monoisotopic (exact) mass is 233 g/mol. The third kappa shape index (κ3) is 2.47. The van der Waals surface area contributed by atoms with Gasteiger partial charge in [-0.3, -0.25) is 10.1 Å². The Hall–Kier alpha value is -1.82. The van der Waals surface area contributed by atoms with Crippen LogP contribution in [0.25, 0.3) is 0 Å². The van der Waals surface area contributed by atoms with Crippen LogP contribution in [0, 0.1) is 13.8 Å². The summed E-state index contributed by atoms with van der Waals surface area (Å²) in [6, 6.07) is 0. The third-order valence-electron chi connectivity index (χ3n) is 2.86. The summed E-state index contributed by atoms with van der Waals surface area (Å²) < 4.78 is 0. The molecule has 0 aromatic carbocycles. The van der Waals surface area contributed by atoms with Gasteiger partial charge in [-0.1, -0.05) is 0 Å². The van der Waals surface area contributed by atoms with Crippen molar-refractivity contribution in [2.45, 2.75) is 20.8 Å². The summed E-state index contributed by atoms with van der Waals surface area (Å²) in [6.45, 7) is 7.03. The Morgan fingerprint density at radius 2 is 1.94 bits per heavy atom. The standard InChI is InChI=1S/C11H15N5O/c1-6(9-4-12-5-9)10(17)14-11-13-7(2)8(3)15-16-11/h12H,4-5H2,1-3H3,(H,13,14,16,17). The fraction of sp³-hybridized carbons (Fsp3) is 0.455. The van der Waals surface area contributed by atoms with Crippen molar-refractivity contribution in [3.05, 3.63) is 22.5 Å². The van der Waals surface area contributed by atoms with Crippen LogP contribution in [-0.2, 0) is 4.79 Å². The highest BCUT2D eigenvalue weighted by atomic mass is 16.1. The Morgan fingerprint density at radius 1 is 1.24 bits per heavy atom. The van der Waals surface area contributed by atoms with Gasteiger partial charge in [0, 0.05) is 18.7 Å². The predicted molar refractivity (Wildman–Crippen MR) is 63.5 cm³/mol. The van der Waals surface area contributed by atoms with Crippen LogP contribution in [0.4, 0.5) is 5.95 Å². The Kier molecular flexibility index (Phi) is 3.14. The van der Waals surface area contributed by atoms with Gasteiger partial charge in [0.05, 0.1) is 11.4 Å². The van der Waals surface area contributed by atoms with Gasteiger partial charge in [0.1, 0.15) is 0 Å². The van der Waals surface area contributed by atoms with Crippen LogP contribution >= 0.6 is 0 Å². The van der Waals surface area contributed by atoms with Crippen LogP contribution in [0.2, 0.25) is 0 Å². The maximum absolute atomic E-state index is 11.8. The van der Waals surface area contributed by atoms with Crippen LogP contribution in [0.5, 0.6) is 0 Å². The Balaban J connectivity index is 2.10. The van der Waals surface area contributed by atoms with Gasteiger partial charge in [0.15, 0.2) is 0 Å². The van der Waals surface area contributed by atoms with Gasteiger partial charge in [0.2, 0.25) is 5.95 Å². The highest BCUT2D eigenvalue weighted by Crippen LogP contribution is 2.11. The minimum absolute atomic E-state index is 0.161. The van der Waals surface area contributed by atoms with Crippen molar-refractivity contribution in [3.63, 3.8) is 0 Å². The van der Waals surface area contributed by atoms with Gasteiger partial charge in [-0.15, -0.1) is 5.10 Å². The minimum Gasteiger partial charge on any atom is -0.309 e. The number of rotatable bonds is 2. The zero-order valence-electron chi connectivity index (χ0n) is 10.2. The maximum Gasteiger partial charge on any atom is 0.253 e. The van der Waals surface area contributed by atoms with Crippen LogP contribution < -0.4 is 10.6 Å². The number of nitrogens with zero attached hydrogens (tertiary/aromatic N) is 3. The van der Waals surface area contributed by atoms with E-state index in [1.54, 1.807) is 6.92 Å². The summed E-state index contributed by atoms with van der Waals surface area (Å²) in [5.74, 6) is 0.0943. The van der Waals surface area contributed by atoms with Crippen molar-refractivity contribution in [3.8, 4) is 0 Å². The summed E-state index contributed by atoms with van der Waals surface area (Å²) in [4.78, 5) is 16.0. The Labute approximate surface area is 99.5 Å². The summed E-state index contributed by atoms with van der Waals surface area (Å²) in [6.07, 6.45) is 0. The van der Waals surface area contributed by atoms with Gasteiger partial charge in [-0.2, -0.15) is 5.10 Å². The van der Waals surface area contributed by atoms with Crippen molar-refractivity contribution in [2.24, 2.45) is 0 Å². The average Bonchev–Trinajstić information content (AvgIpc) is 2.21. The summed E-state index contributed by atoms with van der Waals surface area (Å²) in [7, 11) is 0. The molecule has 2 rings (SSSR count). The molecule has 0 unspecified atom stereocenters. The first-order valence-corrected chi connectivity index (χ1v) is 5.46. The van der Waals surface area contributed by atoms with E-state index >= 15 is 0 Å². The molecule has 0 radical (unpaired) electrons. The summed E-state index contributed by atoms with van der Waals surface area (Å²) >= 11 is 0. The minimum atomic E-state index is -0.161. The molecule has 1 amide bonds. The highest BCUT2D eigenvalue weighted by molar-refractivity contribution is 6.03. The normalized spacial score (nSPS) is 14.2. The van der Waals surface area contributed by atoms with Crippen LogP contribution in [0.3, 0.4) is 0 Å². The van der Waals surface area contributed by atoms with Crippen molar-refractivity contribution in [1.82, 2.24) is 20.5 Å². The number of carbonyl (C=O) groups is 1. The number of amides is 1. The number of aryl methyl sites for hydroxylation is 2. The lowest BCUT2D eigenvalue weighted by Gasteiger charge is -2.21. The molecular formula is C11H15N5O. The second kappa shape index (κ2) is 4.58. The zero-order valence-corrected chi connectivity index (χ0v) is 10.2. The molecule has 2 heterocycles. The van der Waals surface area contributed by atoms with Gasteiger partial charge < -0.3 is 5.32 Å². The van der Waals surface area contributed by atoms with Crippen LogP contribution in [-0.4, -0.2) is 34.2 Å². The summed E-state index contributed by atoms with van der Waals surface area (Å²) in [5, 5.41) is 13.5. The fourth-order valence-corrected chi connectivity index (χ4v) is 1.38. The molecule has 2 N–H and O–H groups in total. The molecule has 17 heavy (non-hydrogen) atoms. The quantitative estimate of drug-likeness (QED) is 0.720. The molecule has 0 atom stereocenters. The highest BCUT2D eigenvalue weighted by Gasteiger charge is 2.16. The van der Waals surface area contributed by atoms with E-state index in [0.717, 1.165) is 35.6 Å². The molecule has 6 nitrogen and oxygen atoms in total. The molecule has 0 spiro atoms. The number of hydrogen-bond donors (Lipinski definition) is 2. The summed E-state index contributed by atoms with van der Waals surface area (Å²) in [5.41, 5.74) is 3.39. The van der Waals surface area contributed by atoms with Crippen LogP contribution in [0.15, 0.2) is 11.1 Å². The second-order valence-corrected chi connectivity index (χ2v) is 4.09. The number of hydrogen-bond acceptors (Lipinski definition) is 5.